The Morgan fingerprint density at radius 2 is 1.74 bits per heavy atom. The molecule has 1 aliphatic carbocycles. The first-order chi connectivity index (χ1) is 11.2. The van der Waals surface area contributed by atoms with Crippen molar-refractivity contribution in [2.75, 3.05) is 0 Å². The third-order valence-corrected chi connectivity index (χ3v) is 4.07. The third kappa shape index (κ3) is 4.26. The first kappa shape index (κ1) is 15.4. The molecule has 0 N–H and O–H groups in total. The van der Waals surface area contributed by atoms with E-state index in [0.29, 0.717) is 17.8 Å². The van der Waals surface area contributed by atoms with Crippen molar-refractivity contribution >= 4 is 6.08 Å². The summed E-state index contributed by atoms with van der Waals surface area (Å²) in [5.41, 5.74) is 7.04. The van der Waals surface area contributed by atoms with Crippen molar-refractivity contribution in [3.8, 4) is 11.8 Å². The van der Waals surface area contributed by atoms with Crippen molar-refractivity contribution in [1.82, 2.24) is 0 Å². The maximum absolute atomic E-state index is 3.37. The molecule has 23 heavy (non-hydrogen) atoms. The van der Waals surface area contributed by atoms with Crippen LogP contribution < -0.4 is 0 Å². The predicted octanol–water partition coefficient (Wildman–Crippen LogP) is 5.67. The van der Waals surface area contributed by atoms with E-state index in [9.17, 15) is 0 Å². The van der Waals surface area contributed by atoms with Gasteiger partial charge in [0, 0.05) is 11.5 Å². The molecule has 0 spiro atoms. The minimum Gasteiger partial charge on any atom is -0.124 e. The number of rotatable bonds is 3. The summed E-state index contributed by atoms with van der Waals surface area (Å²) in [7, 11) is 0. The number of hydrogen-bond acceptors (Lipinski definition) is 0. The van der Waals surface area contributed by atoms with Crippen molar-refractivity contribution < 1.29 is 0 Å². The van der Waals surface area contributed by atoms with Gasteiger partial charge in [-0.15, -0.1) is 5.73 Å². The average Bonchev–Trinajstić information content (AvgIpc) is 3.34. The van der Waals surface area contributed by atoms with Gasteiger partial charge in [-0.25, -0.2) is 0 Å². The quantitative estimate of drug-likeness (QED) is 0.506. The maximum Gasteiger partial charge on any atom is 0.0323 e. The number of benzene rings is 2. The van der Waals surface area contributed by atoms with Crippen LogP contribution in [0.1, 0.15) is 42.9 Å². The van der Waals surface area contributed by atoms with Crippen molar-refractivity contribution in [3.63, 3.8) is 0 Å². The Morgan fingerprint density at radius 1 is 1.00 bits per heavy atom. The van der Waals surface area contributed by atoms with Gasteiger partial charge >= 0.3 is 0 Å². The second-order valence-corrected chi connectivity index (χ2v) is 6.41. The van der Waals surface area contributed by atoms with E-state index in [4.69, 9.17) is 0 Å². The van der Waals surface area contributed by atoms with Gasteiger partial charge in [0.05, 0.1) is 0 Å². The van der Waals surface area contributed by atoms with Crippen LogP contribution in [0, 0.1) is 23.7 Å². The van der Waals surface area contributed by atoms with Crippen molar-refractivity contribution in [2.45, 2.75) is 26.2 Å². The van der Waals surface area contributed by atoms with E-state index in [-0.39, 0.29) is 0 Å². The number of hydrogen-bond donors (Lipinski definition) is 0. The van der Waals surface area contributed by atoms with E-state index in [1.54, 1.807) is 0 Å². The molecule has 114 valence electrons. The molecule has 0 aliphatic heterocycles. The van der Waals surface area contributed by atoms with E-state index in [1.807, 2.05) is 6.07 Å². The Hall–Kier alpha value is -2.48. The minimum absolute atomic E-state index is 0.390. The predicted molar refractivity (Wildman–Crippen MR) is 98.0 cm³/mol. The summed E-state index contributed by atoms with van der Waals surface area (Å²) in [4.78, 5) is 0. The zero-order chi connectivity index (χ0) is 16.1. The lowest BCUT2D eigenvalue weighted by molar-refractivity contribution is 0.866. The van der Waals surface area contributed by atoms with E-state index in [1.165, 1.54) is 12.0 Å². The summed E-state index contributed by atoms with van der Waals surface area (Å²) in [6, 6.07) is 19.0. The second kappa shape index (κ2) is 7.19. The molecule has 0 heterocycles. The summed E-state index contributed by atoms with van der Waals surface area (Å²) < 4.78 is 0. The molecule has 2 aromatic carbocycles. The molecule has 0 bridgehead atoms. The lowest BCUT2D eigenvalue weighted by Gasteiger charge is -1.97. The highest BCUT2D eigenvalue weighted by atomic mass is 14.4. The average molecular weight is 298 g/mol. The third-order valence-electron chi connectivity index (χ3n) is 4.07. The Balaban J connectivity index is 1.71. The van der Waals surface area contributed by atoms with Crippen LogP contribution in [0.2, 0.25) is 0 Å². The summed E-state index contributed by atoms with van der Waals surface area (Å²) in [6.07, 6.45) is 5.51. The molecule has 0 aromatic heterocycles. The molecule has 1 saturated carbocycles. The molecular formula is C23H22. The highest BCUT2D eigenvalue weighted by molar-refractivity contribution is 5.58. The molecular weight excluding hydrogens is 276 g/mol. The second-order valence-electron chi connectivity index (χ2n) is 6.41. The fourth-order valence-electron chi connectivity index (χ4n) is 2.70. The molecule has 0 radical (unpaired) electrons. The molecule has 1 fully saturated rings. The monoisotopic (exact) mass is 298 g/mol. The topological polar surface area (TPSA) is 0 Å². The first-order valence-electron chi connectivity index (χ1n) is 8.32. The van der Waals surface area contributed by atoms with E-state index in [0.717, 1.165) is 11.1 Å². The van der Waals surface area contributed by atoms with E-state index >= 15 is 0 Å². The van der Waals surface area contributed by atoms with Crippen LogP contribution in [0.3, 0.4) is 0 Å². The summed E-state index contributed by atoms with van der Waals surface area (Å²) in [6.45, 7) is 4.23. The Bertz CT molecular complexity index is 778. The fourth-order valence-corrected chi connectivity index (χ4v) is 2.70. The van der Waals surface area contributed by atoms with Gasteiger partial charge < -0.3 is 0 Å². The van der Waals surface area contributed by atoms with Crippen LogP contribution in [0.15, 0.2) is 66.4 Å². The van der Waals surface area contributed by atoms with Gasteiger partial charge in [0.1, 0.15) is 0 Å². The van der Waals surface area contributed by atoms with Crippen LogP contribution in [0.5, 0.6) is 0 Å². The summed E-state index contributed by atoms with van der Waals surface area (Å²) in [5.74, 6) is 8.19. The fraction of sp³-hybridized carbons (Fsp3) is 0.261. The van der Waals surface area contributed by atoms with Gasteiger partial charge in [0.2, 0.25) is 0 Å². The first-order valence-corrected chi connectivity index (χ1v) is 8.32. The normalized spacial score (nSPS) is 18.6. The van der Waals surface area contributed by atoms with Gasteiger partial charge in [-0.1, -0.05) is 74.2 Å². The van der Waals surface area contributed by atoms with Gasteiger partial charge in [0.25, 0.3) is 0 Å². The number of allylic oxidation sites excluding steroid dienone is 1. The molecule has 0 amide bonds. The molecule has 3 rings (SSSR count). The standard InChI is InChI=1S/C23H22/c1-18(2)15-16-20-10-7-6-9-19(20)13-8-14-22-17-23(22)21-11-4-3-5-12-21/h3-7,9-14,18,22-23H,17H2,1-2H3/t8?,22-,23+/m0/s1. The van der Waals surface area contributed by atoms with Crippen molar-refractivity contribution in [2.24, 2.45) is 11.8 Å². The Labute approximate surface area is 139 Å². The van der Waals surface area contributed by atoms with E-state index in [2.05, 4.69) is 92.1 Å². The lowest BCUT2D eigenvalue weighted by atomic mass is 10.1. The molecule has 2 aromatic rings. The summed E-state index contributed by atoms with van der Waals surface area (Å²) >= 11 is 0. The largest absolute Gasteiger partial charge is 0.124 e. The minimum atomic E-state index is 0.390. The van der Waals surface area contributed by atoms with Gasteiger partial charge in [-0.05, 0) is 47.6 Å². The zero-order valence-corrected chi connectivity index (χ0v) is 13.8. The van der Waals surface area contributed by atoms with Gasteiger partial charge in [-0.2, -0.15) is 0 Å². The van der Waals surface area contributed by atoms with Crippen molar-refractivity contribution in [3.05, 3.63) is 83.1 Å². The molecule has 0 heteroatoms. The molecule has 0 unspecified atom stereocenters. The van der Waals surface area contributed by atoms with E-state index < -0.39 is 0 Å². The Morgan fingerprint density at radius 3 is 2.52 bits per heavy atom. The molecule has 2 atom stereocenters. The van der Waals surface area contributed by atoms with Crippen LogP contribution in [-0.2, 0) is 0 Å². The molecule has 1 aliphatic rings. The van der Waals surface area contributed by atoms with Crippen LogP contribution in [-0.4, -0.2) is 0 Å². The maximum atomic E-state index is 3.37. The molecule has 0 saturated heterocycles. The van der Waals surface area contributed by atoms with Gasteiger partial charge in [-0.3, -0.25) is 0 Å². The Kier molecular flexibility index (Phi) is 4.82. The SMILES string of the molecule is CC(C)C#Cc1ccccc1C=C=C[C@H]1C[C@@H]1c1ccccc1. The smallest absolute Gasteiger partial charge is 0.0323 e. The van der Waals surface area contributed by atoms with Crippen LogP contribution >= 0.6 is 0 Å². The molecule has 0 nitrogen and oxygen atoms in total. The highest BCUT2D eigenvalue weighted by Gasteiger charge is 2.35. The van der Waals surface area contributed by atoms with Crippen molar-refractivity contribution in [1.29, 1.82) is 0 Å². The van der Waals surface area contributed by atoms with Crippen LogP contribution in [0.4, 0.5) is 0 Å². The summed E-state index contributed by atoms with van der Waals surface area (Å²) in [5, 5.41) is 0. The zero-order valence-electron chi connectivity index (χ0n) is 13.8. The highest BCUT2D eigenvalue weighted by Crippen LogP contribution is 2.48. The van der Waals surface area contributed by atoms with Crippen LogP contribution in [0.25, 0.3) is 6.08 Å². The lowest BCUT2D eigenvalue weighted by Crippen LogP contribution is -1.83. The van der Waals surface area contributed by atoms with Gasteiger partial charge in [0.15, 0.2) is 0 Å².